The molecule has 1 unspecified atom stereocenters. The van der Waals surface area contributed by atoms with Crippen LogP contribution >= 0.6 is 0 Å². The lowest BCUT2D eigenvalue weighted by atomic mass is 9.97. The summed E-state index contributed by atoms with van der Waals surface area (Å²) in [6.45, 7) is 5.93. The summed E-state index contributed by atoms with van der Waals surface area (Å²) in [7, 11) is 0. The number of hydrogen-bond acceptors (Lipinski definition) is 2. The van der Waals surface area contributed by atoms with Gasteiger partial charge in [-0.25, -0.2) is 0 Å². The fourth-order valence-electron chi connectivity index (χ4n) is 2.55. The lowest BCUT2D eigenvalue weighted by molar-refractivity contribution is -0.122. The molecule has 2 aromatic carbocycles. The molecule has 2 aromatic rings. The Morgan fingerprint density at radius 3 is 2.65 bits per heavy atom. The van der Waals surface area contributed by atoms with Crippen molar-refractivity contribution in [1.29, 1.82) is 0 Å². The highest BCUT2D eigenvalue weighted by Crippen LogP contribution is 2.40. The van der Waals surface area contributed by atoms with Gasteiger partial charge in [-0.3, -0.25) is 4.79 Å². The van der Waals surface area contributed by atoms with Crippen LogP contribution in [0.15, 0.2) is 36.4 Å². The number of aryl methyl sites for hydroxylation is 2. The zero-order chi connectivity index (χ0) is 14.3. The molecule has 3 heteroatoms. The van der Waals surface area contributed by atoms with E-state index in [4.69, 9.17) is 4.74 Å². The molecule has 0 fully saturated rings. The molecule has 1 N–H and O–H groups in total. The molecule has 1 atom stereocenters. The van der Waals surface area contributed by atoms with Crippen LogP contribution in [0.4, 0.5) is 5.69 Å². The number of amides is 1. The molecule has 20 heavy (non-hydrogen) atoms. The van der Waals surface area contributed by atoms with E-state index in [1.165, 1.54) is 11.1 Å². The number of benzene rings is 2. The largest absolute Gasteiger partial charge is 0.478 e. The van der Waals surface area contributed by atoms with Gasteiger partial charge in [-0.2, -0.15) is 0 Å². The number of ether oxygens (including phenoxy) is 1. The van der Waals surface area contributed by atoms with Crippen molar-refractivity contribution in [3.63, 3.8) is 0 Å². The second kappa shape index (κ2) is 4.67. The summed E-state index contributed by atoms with van der Waals surface area (Å²) in [4.78, 5) is 11.7. The van der Waals surface area contributed by atoms with Gasteiger partial charge in [0.15, 0.2) is 11.9 Å². The summed E-state index contributed by atoms with van der Waals surface area (Å²) in [6.07, 6.45) is -0.464. The van der Waals surface area contributed by atoms with Crippen molar-refractivity contribution in [2.24, 2.45) is 0 Å². The van der Waals surface area contributed by atoms with Crippen LogP contribution in [-0.4, -0.2) is 12.0 Å². The Bertz CT molecular complexity index is 691. The van der Waals surface area contributed by atoms with Gasteiger partial charge in [0, 0.05) is 5.56 Å². The Hall–Kier alpha value is -2.29. The van der Waals surface area contributed by atoms with E-state index in [-0.39, 0.29) is 5.91 Å². The molecule has 0 aromatic heterocycles. The summed E-state index contributed by atoms with van der Waals surface area (Å²) in [5, 5.41) is 2.89. The van der Waals surface area contributed by atoms with Crippen molar-refractivity contribution >= 4 is 11.6 Å². The number of carbonyl (C=O) groups excluding carboxylic acids is 1. The first-order chi connectivity index (χ1) is 9.56. The summed E-state index contributed by atoms with van der Waals surface area (Å²) in [5.74, 6) is 0.654. The Balaban J connectivity index is 2.16. The van der Waals surface area contributed by atoms with Gasteiger partial charge in [-0.1, -0.05) is 35.9 Å². The van der Waals surface area contributed by atoms with Gasteiger partial charge in [0.05, 0.1) is 5.69 Å². The molecule has 0 bridgehead atoms. The Labute approximate surface area is 118 Å². The zero-order valence-corrected chi connectivity index (χ0v) is 11.9. The van der Waals surface area contributed by atoms with Gasteiger partial charge in [0.25, 0.3) is 5.91 Å². The van der Waals surface area contributed by atoms with Crippen molar-refractivity contribution < 1.29 is 9.53 Å². The molecule has 3 rings (SSSR count). The molecule has 0 spiro atoms. The molecular weight excluding hydrogens is 250 g/mol. The highest BCUT2D eigenvalue weighted by molar-refractivity contribution is 5.99. The first kappa shape index (κ1) is 12.7. The monoisotopic (exact) mass is 267 g/mol. The normalized spacial score (nSPS) is 17.1. The minimum atomic E-state index is -0.464. The van der Waals surface area contributed by atoms with Gasteiger partial charge < -0.3 is 10.1 Å². The number of nitrogens with one attached hydrogen (secondary N) is 1. The standard InChI is InChI=1S/C17H17NO2/c1-10-7-8-13(11(2)9-10)14-5-4-6-15-16(14)20-12(3)17(19)18-15/h4-9,12H,1-3H3,(H,18,19). The van der Waals surface area contributed by atoms with Crippen LogP contribution in [0.25, 0.3) is 11.1 Å². The van der Waals surface area contributed by atoms with E-state index in [2.05, 4.69) is 37.4 Å². The van der Waals surface area contributed by atoms with Crippen molar-refractivity contribution in [1.82, 2.24) is 0 Å². The van der Waals surface area contributed by atoms with Crippen molar-refractivity contribution in [2.45, 2.75) is 26.9 Å². The van der Waals surface area contributed by atoms with Crippen molar-refractivity contribution in [3.8, 4) is 16.9 Å². The summed E-state index contributed by atoms with van der Waals surface area (Å²) in [6, 6.07) is 12.2. The molecule has 1 amide bonds. The topological polar surface area (TPSA) is 38.3 Å². The SMILES string of the molecule is Cc1ccc(-c2cccc3c2OC(C)C(=O)N3)c(C)c1. The molecule has 102 valence electrons. The Morgan fingerprint density at radius 2 is 1.90 bits per heavy atom. The molecule has 1 aliphatic heterocycles. The summed E-state index contributed by atoms with van der Waals surface area (Å²) < 4.78 is 5.80. The van der Waals surface area contributed by atoms with Crippen molar-refractivity contribution in [3.05, 3.63) is 47.5 Å². The van der Waals surface area contributed by atoms with Gasteiger partial charge >= 0.3 is 0 Å². The molecule has 1 aliphatic rings. The number of fused-ring (bicyclic) bond motifs is 1. The van der Waals surface area contributed by atoms with Gasteiger partial charge in [0.2, 0.25) is 0 Å². The Morgan fingerprint density at radius 1 is 1.10 bits per heavy atom. The maximum absolute atomic E-state index is 11.7. The first-order valence-corrected chi connectivity index (χ1v) is 6.74. The number of anilines is 1. The average Bonchev–Trinajstić information content (AvgIpc) is 2.40. The van der Waals surface area contributed by atoms with E-state index >= 15 is 0 Å². The molecule has 0 saturated carbocycles. The van der Waals surface area contributed by atoms with Gasteiger partial charge in [-0.15, -0.1) is 0 Å². The van der Waals surface area contributed by atoms with Crippen molar-refractivity contribution in [2.75, 3.05) is 5.32 Å². The van der Waals surface area contributed by atoms with E-state index in [9.17, 15) is 4.79 Å². The van der Waals surface area contributed by atoms with Gasteiger partial charge in [0.1, 0.15) is 0 Å². The van der Waals surface area contributed by atoms with E-state index < -0.39 is 6.10 Å². The Kier molecular flexibility index (Phi) is 2.97. The third-order valence-electron chi connectivity index (χ3n) is 3.61. The number of para-hydroxylation sites is 1. The number of rotatable bonds is 1. The highest BCUT2D eigenvalue weighted by Gasteiger charge is 2.26. The zero-order valence-electron chi connectivity index (χ0n) is 11.9. The predicted molar refractivity (Wildman–Crippen MR) is 80.1 cm³/mol. The molecule has 0 radical (unpaired) electrons. The predicted octanol–water partition coefficient (Wildman–Crippen LogP) is 3.69. The lowest BCUT2D eigenvalue weighted by Gasteiger charge is -2.26. The molecular formula is C17H17NO2. The minimum absolute atomic E-state index is 0.102. The highest BCUT2D eigenvalue weighted by atomic mass is 16.5. The first-order valence-electron chi connectivity index (χ1n) is 6.74. The van der Waals surface area contributed by atoms with Crippen LogP contribution in [-0.2, 0) is 4.79 Å². The fourth-order valence-corrected chi connectivity index (χ4v) is 2.55. The summed E-state index contributed by atoms with van der Waals surface area (Å²) >= 11 is 0. The number of carbonyl (C=O) groups is 1. The molecule has 0 aliphatic carbocycles. The third kappa shape index (κ3) is 2.05. The van der Waals surface area contributed by atoms with Crippen LogP contribution in [0.2, 0.25) is 0 Å². The third-order valence-corrected chi connectivity index (χ3v) is 3.61. The number of hydrogen-bond donors (Lipinski definition) is 1. The quantitative estimate of drug-likeness (QED) is 0.855. The lowest BCUT2D eigenvalue weighted by Crippen LogP contribution is -2.34. The fraction of sp³-hybridized carbons (Fsp3) is 0.235. The smallest absolute Gasteiger partial charge is 0.265 e. The van der Waals surface area contributed by atoms with Crippen LogP contribution < -0.4 is 10.1 Å². The van der Waals surface area contributed by atoms with Crippen LogP contribution in [0.5, 0.6) is 5.75 Å². The van der Waals surface area contributed by atoms with Crippen LogP contribution in [0.3, 0.4) is 0 Å². The van der Waals surface area contributed by atoms with E-state index in [1.807, 2.05) is 18.2 Å². The average molecular weight is 267 g/mol. The maximum atomic E-state index is 11.7. The van der Waals surface area contributed by atoms with Crippen LogP contribution in [0.1, 0.15) is 18.1 Å². The van der Waals surface area contributed by atoms with Crippen LogP contribution in [0, 0.1) is 13.8 Å². The molecule has 3 nitrogen and oxygen atoms in total. The van der Waals surface area contributed by atoms with Gasteiger partial charge in [-0.05, 0) is 38.0 Å². The van der Waals surface area contributed by atoms with E-state index in [1.54, 1.807) is 6.92 Å². The second-order valence-electron chi connectivity index (χ2n) is 5.25. The maximum Gasteiger partial charge on any atom is 0.265 e. The summed E-state index contributed by atoms with van der Waals surface area (Å²) in [5.41, 5.74) is 5.33. The van der Waals surface area contributed by atoms with E-state index in [0.717, 1.165) is 22.6 Å². The molecule has 1 heterocycles. The van der Waals surface area contributed by atoms with E-state index in [0.29, 0.717) is 0 Å². The minimum Gasteiger partial charge on any atom is -0.478 e. The molecule has 0 saturated heterocycles. The second-order valence-corrected chi connectivity index (χ2v) is 5.25.